The number of fused-ring (bicyclic) bond motifs is 1. The molecule has 6 nitrogen and oxygen atoms in total. The van der Waals surface area contributed by atoms with Crippen LogP contribution >= 0.6 is 0 Å². The normalized spacial score (nSPS) is 17.6. The number of rotatable bonds is 6. The second-order valence-electron chi connectivity index (χ2n) is 7.19. The Labute approximate surface area is 153 Å². The van der Waals surface area contributed by atoms with Crippen LogP contribution in [0.3, 0.4) is 0 Å². The molecule has 26 heavy (non-hydrogen) atoms. The van der Waals surface area contributed by atoms with E-state index in [9.17, 15) is 4.79 Å². The average Bonchev–Trinajstić information content (AvgIpc) is 3.26. The van der Waals surface area contributed by atoms with Crippen LogP contribution in [-0.4, -0.2) is 46.4 Å². The van der Waals surface area contributed by atoms with Gasteiger partial charge in [0.15, 0.2) is 0 Å². The Morgan fingerprint density at radius 1 is 1.23 bits per heavy atom. The quantitative estimate of drug-likeness (QED) is 0.859. The van der Waals surface area contributed by atoms with E-state index in [-0.39, 0.29) is 12.5 Å². The first-order chi connectivity index (χ1) is 12.7. The van der Waals surface area contributed by atoms with Crippen LogP contribution in [0.1, 0.15) is 36.2 Å². The highest BCUT2D eigenvalue weighted by Crippen LogP contribution is 2.29. The Morgan fingerprint density at radius 2 is 2.00 bits per heavy atom. The van der Waals surface area contributed by atoms with Gasteiger partial charge in [0.2, 0.25) is 5.91 Å². The minimum absolute atomic E-state index is 0.275. The number of benzene rings is 1. The molecule has 0 unspecified atom stereocenters. The molecular formula is C20H26N4O2. The van der Waals surface area contributed by atoms with Gasteiger partial charge in [0, 0.05) is 31.5 Å². The molecule has 1 saturated heterocycles. The molecule has 138 valence electrons. The second-order valence-corrected chi connectivity index (χ2v) is 7.19. The van der Waals surface area contributed by atoms with Crippen molar-refractivity contribution in [2.24, 2.45) is 5.73 Å². The summed E-state index contributed by atoms with van der Waals surface area (Å²) >= 11 is 0. The lowest BCUT2D eigenvalue weighted by Crippen LogP contribution is -2.43. The van der Waals surface area contributed by atoms with Crippen molar-refractivity contribution in [1.82, 2.24) is 14.7 Å². The number of hydrogen-bond donors (Lipinski definition) is 1. The largest absolute Gasteiger partial charge is 0.381 e. The molecule has 1 aromatic heterocycles. The van der Waals surface area contributed by atoms with Crippen LogP contribution in [0, 0.1) is 0 Å². The van der Waals surface area contributed by atoms with E-state index in [4.69, 9.17) is 15.6 Å². The Hall–Kier alpha value is -2.18. The van der Waals surface area contributed by atoms with Crippen molar-refractivity contribution in [3.8, 4) is 5.69 Å². The molecule has 1 amide bonds. The third kappa shape index (κ3) is 3.52. The maximum Gasteiger partial charge on any atom is 0.231 e. The van der Waals surface area contributed by atoms with Gasteiger partial charge in [-0.1, -0.05) is 18.2 Å². The predicted molar refractivity (Wildman–Crippen MR) is 99.0 cm³/mol. The first-order valence-corrected chi connectivity index (χ1v) is 9.47. The molecule has 6 heteroatoms. The summed E-state index contributed by atoms with van der Waals surface area (Å²) in [5, 5.41) is 4.94. The Morgan fingerprint density at radius 3 is 2.73 bits per heavy atom. The monoisotopic (exact) mass is 354 g/mol. The standard InChI is InChI=1S/C20H26N4O2/c21-20(25)14-23(15-9-11-26-12-10-15)13-18-17-7-4-8-19(17)24(22-18)16-5-2-1-3-6-16/h1-3,5-6,15H,4,7-14H2,(H2,21,25). The highest BCUT2D eigenvalue weighted by Gasteiger charge is 2.28. The van der Waals surface area contributed by atoms with E-state index in [2.05, 4.69) is 21.7 Å². The highest BCUT2D eigenvalue weighted by molar-refractivity contribution is 5.76. The second kappa shape index (κ2) is 7.60. The van der Waals surface area contributed by atoms with Crippen LogP contribution in [0.15, 0.2) is 30.3 Å². The summed E-state index contributed by atoms with van der Waals surface area (Å²) in [4.78, 5) is 13.8. The van der Waals surface area contributed by atoms with E-state index in [1.54, 1.807) is 0 Å². The molecule has 0 spiro atoms. The Balaban J connectivity index is 1.63. The number of hydrogen-bond acceptors (Lipinski definition) is 4. The fourth-order valence-electron chi connectivity index (χ4n) is 4.18. The van der Waals surface area contributed by atoms with E-state index in [1.807, 2.05) is 18.2 Å². The van der Waals surface area contributed by atoms with Gasteiger partial charge in [-0.05, 0) is 49.8 Å². The molecule has 2 aromatic rings. The lowest BCUT2D eigenvalue weighted by molar-refractivity contribution is -0.120. The van der Waals surface area contributed by atoms with Gasteiger partial charge in [-0.25, -0.2) is 4.68 Å². The maximum absolute atomic E-state index is 11.6. The number of carbonyl (C=O) groups excluding carboxylic acids is 1. The van der Waals surface area contributed by atoms with E-state index in [0.29, 0.717) is 12.6 Å². The van der Waals surface area contributed by atoms with Crippen LogP contribution < -0.4 is 5.73 Å². The lowest BCUT2D eigenvalue weighted by atomic mass is 10.1. The summed E-state index contributed by atoms with van der Waals surface area (Å²) in [5.41, 5.74) is 10.4. The van der Waals surface area contributed by atoms with Gasteiger partial charge in [0.25, 0.3) is 0 Å². The lowest BCUT2D eigenvalue weighted by Gasteiger charge is -2.33. The molecular weight excluding hydrogens is 328 g/mol. The summed E-state index contributed by atoms with van der Waals surface area (Å²) in [6.45, 7) is 2.44. The third-order valence-corrected chi connectivity index (χ3v) is 5.43. The fraction of sp³-hybridized carbons (Fsp3) is 0.500. The molecule has 2 heterocycles. The molecule has 2 aliphatic rings. The number of aromatic nitrogens is 2. The minimum atomic E-state index is -0.282. The average molecular weight is 354 g/mol. The van der Waals surface area contributed by atoms with Crippen LogP contribution in [0.25, 0.3) is 5.69 Å². The molecule has 1 aromatic carbocycles. The van der Waals surface area contributed by atoms with Crippen LogP contribution in [-0.2, 0) is 28.9 Å². The van der Waals surface area contributed by atoms with E-state index >= 15 is 0 Å². The molecule has 1 aliphatic heterocycles. The van der Waals surface area contributed by atoms with Crippen molar-refractivity contribution in [2.45, 2.75) is 44.7 Å². The van der Waals surface area contributed by atoms with Gasteiger partial charge < -0.3 is 10.5 Å². The predicted octanol–water partition coefficient (Wildman–Crippen LogP) is 1.83. The van der Waals surface area contributed by atoms with Gasteiger partial charge in [-0.2, -0.15) is 5.10 Å². The topological polar surface area (TPSA) is 73.4 Å². The van der Waals surface area contributed by atoms with Gasteiger partial charge in [0.1, 0.15) is 0 Å². The van der Waals surface area contributed by atoms with Crippen molar-refractivity contribution in [2.75, 3.05) is 19.8 Å². The molecule has 1 fully saturated rings. The van der Waals surface area contributed by atoms with Gasteiger partial charge in [-0.15, -0.1) is 0 Å². The molecule has 0 atom stereocenters. The summed E-state index contributed by atoms with van der Waals surface area (Å²) in [6.07, 6.45) is 5.17. The van der Waals surface area contributed by atoms with Crippen molar-refractivity contribution >= 4 is 5.91 Å². The number of carbonyl (C=O) groups is 1. The number of para-hydroxylation sites is 1. The SMILES string of the molecule is NC(=O)CN(Cc1nn(-c2ccccc2)c2c1CCC2)C1CCOCC1. The first-order valence-electron chi connectivity index (χ1n) is 9.47. The van der Waals surface area contributed by atoms with Crippen molar-refractivity contribution in [1.29, 1.82) is 0 Å². The van der Waals surface area contributed by atoms with E-state index in [1.165, 1.54) is 17.7 Å². The van der Waals surface area contributed by atoms with Crippen molar-refractivity contribution in [3.63, 3.8) is 0 Å². The minimum Gasteiger partial charge on any atom is -0.381 e. The molecule has 0 saturated carbocycles. The third-order valence-electron chi connectivity index (χ3n) is 5.43. The first kappa shape index (κ1) is 17.2. The Kier molecular flexibility index (Phi) is 5.04. The number of amides is 1. The van der Waals surface area contributed by atoms with Crippen molar-refractivity contribution in [3.05, 3.63) is 47.3 Å². The number of nitrogens with zero attached hydrogens (tertiary/aromatic N) is 3. The van der Waals surface area contributed by atoms with Gasteiger partial charge >= 0.3 is 0 Å². The van der Waals surface area contributed by atoms with E-state index in [0.717, 1.165) is 50.3 Å². The van der Waals surface area contributed by atoms with Gasteiger partial charge in [-0.3, -0.25) is 9.69 Å². The van der Waals surface area contributed by atoms with E-state index < -0.39 is 0 Å². The molecule has 0 radical (unpaired) electrons. The summed E-state index contributed by atoms with van der Waals surface area (Å²) < 4.78 is 7.57. The Bertz CT molecular complexity index is 766. The van der Waals surface area contributed by atoms with Crippen LogP contribution in [0.4, 0.5) is 0 Å². The number of primary amides is 1. The summed E-state index contributed by atoms with van der Waals surface area (Å²) in [7, 11) is 0. The maximum atomic E-state index is 11.6. The number of nitrogens with two attached hydrogens (primary N) is 1. The smallest absolute Gasteiger partial charge is 0.231 e. The zero-order valence-electron chi connectivity index (χ0n) is 15.1. The fourth-order valence-corrected chi connectivity index (χ4v) is 4.18. The molecule has 4 rings (SSSR count). The van der Waals surface area contributed by atoms with Crippen molar-refractivity contribution < 1.29 is 9.53 Å². The zero-order valence-corrected chi connectivity index (χ0v) is 15.1. The zero-order chi connectivity index (χ0) is 17.9. The summed E-state index contributed by atoms with van der Waals surface area (Å²) in [6, 6.07) is 10.6. The van der Waals surface area contributed by atoms with Crippen LogP contribution in [0.2, 0.25) is 0 Å². The molecule has 2 N–H and O–H groups in total. The number of ether oxygens (including phenoxy) is 1. The van der Waals surface area contributed by atoms with Gasteiger partial charge in [0.05, 0.1) is 17.9 Å². The highest BCUT2D eigenvalue weighted by atomic mass is 16.5. The summed E-state index contributed by atoms with van der Waals surface area (Å²) in [5.74, 6) is -0.282. The molecule has 1 aliphatic carbocycles. The molecule has 0 bridgehead atoms. The van der Waals surface area contributed by atoms with Crippen LogP contribution in [0.5, 0.6) is 0 Å².